The van der Waals surface area contributed by atoms with Gasteiger partial charge in [0.25, 0.3) is 5.91 Å². The molecule has 9 heteroatoms. The van der Waals surface area contributed by atoms with Gasteiger partial charge in [-0.1, -0.05) is 0 Å². The molecule has 2 aliphatic heterocycles. The molecular weight excluding hydrogens is 409 g/mol. The zero-order valence-corrected chi connectivity index (χ0v) is 18.1. The highest BCUT2D eigenvalue weighted by Gasteiger charge is 2.47. The summed E-state index contributed by atoms with van der Waals surface area (Å²) in [6.45, 7) is 6.24. The lowest BCUT2D eigenvalue weighted by Gasteiger charge is -2.54. The van der Waals surface area contributed by atoms with E-state index in [4.69, 9.17) is 0 Å². The van der Waals surface area contributed by atoms with Crippen molar-refractivity contribution < 1.29 is 9.18 Å². The largest absolute Gasteiger partial charge is 0.354 e. The van der Waals surface area contributed by atoms with Crippen LogP contribution in [0.5, 0.6) is 0 Å². The first-order valence-corrected chi connectivity index (χ1v) is 11.3. The highest BCUT2D eigenvalue weighted by molar-refractivity contribution is 6.02. The highest BCUT2D eigenvalue weighted by Crippen LogP contribution is 2.43. The van der Waals surface area contributed by atoms with Crippen LogP contribution in [0.15, 0.2) is 30.9 Å². The molecule has 0 bridgehead atoms. The summed E-state index contributed by atoms with van der Waals surface area (Å²) in [5, 5.41) is 2.69. The number of halogens is 1. The van der Waals surface area contributed by atoms with Crippen LogP contribution in [0.25, 0.3) is 5.65 Å². The molecule has 3 aliphatic rings. The van der Waals surface area contributed by atoms with Crippen LogP contribution in [0.3, 0.4) is 0 Å². The van der Waals surface area contributed by atoms with E-state index in [1.165, 1.54) is 51.0 Å². The Balaban J connectivity index is 1.08. The minimum atomic E-state index is -0.494. The fourth-order valence-corrected chi connectivity index (χ4v) is 5.09. The van der Waals surface area contributed by atoms with Crippen molar-refractivity contribution in [2.45, 2.75) is 38.6 Å². The average molecular weight is 436 g/mol. The van der Waals surface area contributed by atoms with Gasteiger partial charge in [-0.25, -0.2) is 19.3 Å². The number of aromatic nitrogens is 4. The first-order valence-electron chi connectivity index (χ1n) is 11.3. The maximum Gasteiger partial charge on any atom is 0.275 e. The number of hydrogen-bond acceptors (Lipinski definition) is 6. The normalized spacial score (nSPS) is 20.5. The molecule has 3 fully saturated rings. The van der Waals surface area contributed by atoms with Gasteiger partial charge in [-0.05, 0) is 45.7 Å². The third kappa shape index (κ3) is 3.50. The number of aryl methyl sites for hydroxylation is 1. The standard InChI is InChI=1S/C23H26FN7O/c1-15-11-30-12-16(8-18(24)21(30)27-15)28-22(32)19-9-26-20(10-25-19)31-13-23(14-31)4-6-29(7-5-23)17-2-3-17/h8-12,17H,2-7,13-14H2,1H3,(H,28,32). The molecule has 2 saturated heterocycles. The highest BCUT2D eigenvalue weighted by atomic mass is 19.1. The topological polar surface area (TPSA) is 78.7 Å². The van der Waals surface area contributed by atoms with Gasteiger partial charge in [-0.3, -0.25) is 4.79 Å². The Morgan fingerprint density at radius 2 is 1.94 bits per heavy atom. The Morgan fingerprint density at radius 3 is 2.62 bits per heavy atom. The van der Waals surface area contributed by atoms with Crippen molar-refractivity contribution in [3.8, 4) is 0 Å². The SMILES string of the molecule is Cc1cn2cc(NC(=O)c3cnc(N4CC5(CCN(C6CC6)CC5)C4)cn3)cc(F)c2n1. The Morgan fingerprint density at radius 1 is 1.16 bits per heavy atom. The van der Waals surface area contributed by atoms with Crippen molar-refractivity contribution in [3.63, 3.8) is 0 Å². The number of hydrogen-bond donors (Lipinski definition) is 1. The zero-order chi connectivity index (χ0) is 21.9. The summed E-state index contributed by atoms with van der Waals surface area (Å²) in [6, 6.07) is 2.12. The zero-order valence-electron chi connectivity index (χ0n) is 18.1. The second-order valence-corrected chi connectivity index (χ2v) is 9.53. The smallest absolute Gasteiger partial charge is 0.275 e. The van der Waals surface area contributed by atoms with Gasteiger partial charge in [-0.2, -0.15) is 0 Å². The third-order valence-corrected chi connectivity index (χ3v) is 7.05. The molecule has 8 nitrogen and oxygen atoms in total. The molecule has 1 spiro atoms. The molecule has 1 saturated carbocycles. The van der Waals surface area contributed by atoms with Crippen LogP contribution in [-0.2, 0) is 0 Å². The van der Waals surface area contributed by atoms with Gasteiger partial charge in [0.15, 0.2) is 11.5 Å². The molecule has 5 heterocycles. The van der Waals surface area contributed by atoms with Crippen LogP contribution < -0.4 is 10.2 Å². The Labute approximate surface area is 185 Å². The summed E-state index contributed by atoms with van der Waals surface area (Å²) in [5.74, 6) is -0.114. The first-order chi connectivity index (χ1) is 15.5. The van der Waals surface area contributed by atoms with E-state index in [1.807, 2.05) is 0 Å². The fourth-order valence-electron chi connectivity index (χ4n) is 5.09. The number of anilines is 2. The molecule has 6 rings (SSSR count). The number of piperidine rings is 1. The molecule has 0 radical (unpaired) electrons. The second kappa shape index (κ2) is 7.23. The molecular formula is C23H26FN7O. The number of fused-ring (bicyclic) bond motifs is 1. The summed E-state index contributed by atoms with van der Waals surface area (Å²) in [4.78, 5) is 30.4. The number of carbonyl (C=O) groups is 1. The van der Waals surface area contributed by atoms with Gasteiger partial charge in [0, 0.05) is 43.0 Å². The minimum absolute atomic E-state index is 0.198. The number of likely N-dealkylation sites (tertiary alicyclic amines) is 1. The van der Waals surface area contributed by atoms with Crippen LogP contribution in [0.4, 0.5) is 15.9 Å². The van der Waals surface area contributed by atoms with E-state index < -0.39 is 11.7 Å². The van der Waals surface area contributed by atoms with Gasteiger partial charge in [0.2, 0.25) is 0 Å². The fraction of sp³-hybridized carbons (Fsp3) is 0.478. The van der Waals surface area contributed by atoms with E-state index in [0.29, 0.717) is 16.8 Å². The summed E-state index contributed by atoms with van der Waals surface area (Å²) in [5.41, 5.74) is 1.89. The summed E-state index contributed by atoms with van der Waals surface area (Å²) in [6.07, 6.45) is 11.7. The van der Waals surface area contributed by atoms with Gasteiger partial charge in [0.1, 0.15) is 11.5 Å². The van der Waals surface area contributed by atoms with Gasteiger partial charge < -0.3 is 19.5 Å². The molecule has 1 N–H and O–H groups in total. The molecule has 1 aliphatic carbocycles. The number of rotatable bonds is 4. The lowest BCUT2D eigenvalue weighted by Crippen LogP contribution is -2.61. The predicted molar refractivity (Wildman–Crippen MR) is 118 cm³/mol. The molecule has 1 amide bonds. The summed E-state index contributed by atoms with van der Waals surface area (Å²) < 4.78 is 15.8. The van der Waals surface area contributed by atoms with E-state index in [9.17, 15) is 9.18 Å². The average Bonchev–Trinajstić information content (AvgIpc) is 3.54. The van der Waals surface area contributed by atoms with E-state index in [2.05, 4.69) is 30.1 Å². The number of nitrogens with one attached hydrogen (secondary N) is 1. The molecule has 3 aromatic heterocycles. The first kappa shape index (κ1) is 19.6. The molecule has 3 aromatic rings. The van der Waals surface area contributed by atoms with Crippen LogP contribution in [0.1, 0.15) is 41.9 Å². The summed E-state index contributed by atoms with van der Waals surface area (Å²) in [7, 11) is 0. The quantitative estimate of drug-likeness (QED) is 0.679. The number of amides is 1. The third-order valence-electron chi connectivity index (χ3n) is 7.05. The van der Waals surface area contributed by atoms with E-state index >= 15 is 0 Å². The maximum absolute atomic E-state index is 14.2. The van der Waals surface area contributed by atoms with E-state index in [-0.39, 0.29) is 11.3 Å². The van der Waals surface area contributed by atoms with E-state index in [1.54, 1.807) is 29.9 Å². The Kier molecular flexibility index (Phi) is 4.43. The molecule has 166 valence electrons. The lowest BCUT2D eigenvalue weighted by atomic mass is 9.72. The molecule has 0 unspecified atom stereocenters. The van der Waals surface area contributed by atoms with Crippen LogP contribution in [0, 0.1) is 18.2 Å². The van der Waals surface area contributed by atoms with Crippen molar-refractivity contribution in [1.29, 1.82) is 0 Å². The minimum Gasteiger partial charge on any atom is -0.354 e. The molecule has 0 atom stereocenters. The number of nitrogens with zero attached hydrogens (tertiary/aromatic N) is 6. The van der Waals surface area contributed by atoms with Gasteiger partial charge >= 0.3 is 0 Å². The Hall–Kier alpha value is -3.07. The van der Waals surface area contributed by atoms with Crippen LogP contribution in [-0.4, -0.2) is 62.4 Å². The van der Waals surface area contributed by atoms with Crippen molar-refractivity contribution >= 4 is 23.1 Å². The molecule has 32 heavy (non-hydrogen) atoms. The monoisotopic (exact) mass is 435 g/mol. The molecule has 0 aromatic carbocycles. The van der Waals surface area contributed by atoms with Crippen molar-refractivity contribution in [2.75, 3.05) is 36.4 Å². The maximum atomic E-state index is 14.2. The van der Waals surface area contributed by atoms with Crippen LogP contribution in [0.2, 0.25) is 0 Å². The number of carbonyl (C=O) groups excluding carboxylic acids is 1. The van der Waals surface area contributed by atoms with Crippen molar-refractivity contribution in [2.24, 2.45) is 5.41 Å². The Bertz CT molecular complexity index is 1170. The second-order valence-electron chi connectivity index (χ2n) is 9.53. The number of pyridine rings is 1. The number of imidazole rings is 1. The predicted octanol–water partition coefficient (Wildman–Crippen LogP) is 2.89. The lowest BCUT2D eigenvalue weighted by molar-refractivity contribution is 0.0716. The van der Waals surface area contributed by atoms with Gasteiger partial charge in [-0.15, -0.1) is 0 Å². The summed E-state index contributed by atoms with van der Waals surface area (Å²) >= 11 is 0. The van der Waals surface area contributed by atoms with E-state index in [0.717, 1.165) is 24.9 Å². The van der Waals surface area contributed by atoms with Crippen molar-refractivity contribution in [1.82, 2.24) is 24.3 Å². The van der Waals surface area contributed by atoms with Crippen LogP contribution >= 0.6 is 0 Å². The van der Waals surface area contributed by atoms with Gasteiger partial charge in [0.05, 0.1) is 23.8 Å². The van der Waals surface area contributed by atoms with Crippen molar-refractivity contribution in [3.05, 3.63) is 48.1 Å².